The van der Waals surface area contributed by atoms with Crippen LogP contribution in [-0.4, -0.2) is 45.9 Å². The molecule has 1 aliphatic rings. The van der Waals surface area contributed by atoms with Crippen LogP contribution in [-0.2, 0) is 0 Å². The van der Waals surface area contributed by atoms with E-state index in [0.717, 1.165) is 29.6 Å². The number of aromatic nitrogens is 8. The van der Waals surface area contributed by atoms with Crippen LogP contribution < -0.4 is 16.2 Å². The molecule has 0 unspecified atom stereocenters. The number of para-hydroxylation sites is 1. The molecule has 0 bridgehead atoms. The summed E-state index contributed by atoms with van der Waals surface area (Å²) in [6, 6.07) is 14.5. The van der Waals surface area contributed by atoms with Gasteiger partial charge in [-0.15, -0.1) is 0 Å². The highest BCUT2D eigenvalue weighted by Gasteiger charge is 2.37. The van der Waals surface area contributed by atoms with Gasteiger partial charge in [0.25, 0.3) is 5.56 Å². The summed E-state index contributed by atoms with van der Waals surface area (Å²) in [4.78, 5) is 29.0. The number of hydrogen-bond acceptors (Lipinski definition) is 8. The topological polar surface area (TPSA) is 136 Å². The first-order valence-corrected chi connectivity index (χ1v) is 12.0. The molecule has 3 N–H and O–H groups in total. The fraction of sp³-hybridized carbons (Fsp3) is 0.120. The summed E-state index contributed by atoms with van der Waals surface area (Å²) in [7, 11) is 0. The van der Waals surface area contributed by atoms with Crippen molar-refractivity contribution in [3.8, 4) is 16.9 Å². The van der Waals surface area contributed by atoms with Crippen molar-refractivity contribution in [1.82, 2.24) is 39.3 Å². The molecular weight excluding hydrogens is 492 g/mol. The number of hydrogen-bond donors (Lipinski definition) is 2. The number of fused-ring (bicyclic) bond motifs is 2. The van der Waals surface area contributed by atoms with Gasteiger partial charge < -0.3 is 10.6 Å². The molecular formula is C25H19ClN10O. The van der Waals surface area contributed by atoms with Crippen LogP contribution in [0.4, 0.5) is 11.6 Å². The van der Waals surface area contributed by atoms with Gasteiger partial charge in [-0.3, -0.25) is 14.5 Å². The summed E-state index contributed by atoms with van der Waals surface area (Å²) in [5, 5.41) is 13.4. The van der Waals surface area contributed by atoms with Crippen molar-refractivity contribution in [3.63, 3.8) is 0 Å². The second-order valence-corrected chi connectivity index (χ2v) is 9.16. The molecule has 37 heavy (non-hydrogen) atoms. The Balaban J connectivity index is 1.41. The lowest BCUT2D eigenvalue weighted by molar-refractivity contribution is 0.424. The highest BCUT2D eigenvalue weighted by molar-refractivity contribution is 6.33. The van der Waals surface area contributed by atoms with Crippen LogP contribution in [0.5, 0.6) is 0 Å². The number of benzene rings is 1. The van der Waals surface area contributed by atoms with Gasteiger partial charge in [0, 0.05) is 24.5 Å². The average molecular weight is 511 g/mol. The van der Waals surface area contributed by atoms with E-state index in [0.29, 0.717) is 39.3 Å². The normalized spacial score (nSPS) is 15.4. The third kappa shape index (κ3) is 3.28. The van der Waals surface area contributed by atoms with Crippen LogP contribution >= 0.6 is 11.6 Å². The van der Waals surface area contributed by atoms with Crippen LogP contribution in [0.2, 0.25) is 5.02 Å². The van der Waals surface area contributed by atoms with Gasteiger partial charge in [-0.25, -0.2) is 19.5 Å². The van der Waals surface area contributed by atoms with E-state index in [-0.39, 0.29) is 11.6 Å². The number of anilines is 2. The smallest absolute Gasteiger partial charge is 0.284 e. The third-order valence-corrected chi connectivity index (χ3v) is 6.98. The second-order valence-electron chi connectivity index (χ2n) is 8.76. The summed E-state index contributed by atoms with van der Waals surface area (Å²) in [6.07, 6.45) is 5.66. The Hall–Kier alpha value is -4.77. The minimum atomic E-state index is -0.233. The summed E-state index contributed by atoms with van der Waals surface area (Å²) in [6.45, 7) is 0.719. The van der Waals surface area contributed by atoms with E-state index in [9.17, 15) is 4.79 Å². The Morgan fingerprint density at radius 2 is 1.92 bits per heavy atom. The standard InChI is InChI=1S/C25H19ClN10O/c26-16-8-11-35-21(16)25(37)36(15-4-2-1-3-5-15)23(33-35)17-9-10-34(17)24-19-20(14-6-7-18(27)28-12-14)31-32-22(19)29-13-30-24/h1-8,11-13,17H,9-10H2,(H2,27,28)(H,29,30,31,32)/t17-/m0/s1. The molecule has 11 nitrogen and oxygen atoms in total. The lowest BCUT2D eigenvalue weighted by atomic mass is 10.0. The second kappa shape index (κ2) is 8.14. The van der Waals surface area contributed by atoms with Gasteiger partial charge in [-0.1, -0.05) is 29.8 Å². The van der Waals surface area contributed by atoms with Crippen LogP contribution in [0.1, 0.15) is 18.3 Å². The van der Waals surface area contributed by atoms with Gasteiger partial charge in [0.05, 0.1) is 27.8 Å². The summed E-state index contributed by atoms with van der Waals surface area (Å²) in [5.74, 6) is 1.71. The molecule has 0 spiro atoms. The van der Waals surface area contributed by atoms with Gasteiger partial charge in [0.1, 0.15) is 23.5 Å². The SMILES string of the molecule is Nc1ccc(-c2[nH]nc3ncnc(N4CC[C@H]4c4nn5ccc(Cl)c5c(=O)n4-c4ccccc4)c23)cn1. The predicted molar refractivity (Wildman–Crippen MR) is 140 cm³/mol. The van der Waals surface area contributed by atoms with Crippen LogP contribution in [0, 0.1) is 0 Å². The van der Waals surface area contributed by atoms with E-state index in [1.807, 2.05) is 36.4 Å². The lowest BCUT2D eigenvalue weighted by Gasteiger charge is -2.42. The molecule has 1 saturated heterocycles. The van der Waals surface area contributed by atoms with E-state index >= 15 is 0 Å². The summed E-state index contributed by atoms with van der Waals surface area (Å²) < 4.78 is 3.19. The van der Waals surface area contributed by atoms with E-state index in [4.69, 9.17) is 22.4 Å². The molecule has 7 rings (SSSR count). The van der Waals surface area contributed by atoms with Gasteiger partial charge in [0.15, 0.2) is 11.5 Å². The van der Waals surface area contributed by atoms with Gasteiger partial charge in [0.2, 0.25) is 0 Å². The third-order valence-electron chi connectivity index (χ3n) is 6.67. The first-order chi connectivity index (χ1) is 18.1. The van der Waals surface area contributed by atoms with Crippen molar-refractivity contribution in [3.05, 3.63) is 88.5 Å². The molecule has 1 fully saturated rings. The van der Waals surface area contributed by atoms with Crippen LogP contribution in [0.25, 0.3) is 33.5 Å². The quantitative estimate of drug-likeness (QED) is 0.368. The molecule has 6 heterocycles. The zero-order chi connectivity index (χ0) is 25.1. The molecule has 5 aromatic heterocycles. The molecule has 0 radical (unpaired) electrons. The molecule has 12 heteroatoms. The Kier molecular flexibility index (Phi) is 4.73. The maximum absolute atomic E-state index is 13.7. The van der Waals surface area contributed by atoms with Gasteiger partial charge in [-0.2, -0.15) is 10.2 Å². The zero-order valence-corrected chi connectivity index (χ0v) is 20.0. The average Bonchev–Trinajstić information content (AvgIpc) is 3.49. The Labute approximate surface area is 214 Å². The van der Waals surface area contributed by atoms with Crippen LogP contribution in [0.15, 0.2) is 72.0 Å². The summed E-state index contributed by atoms with van der Waals surface area (Å²) in [5.41, 5.74) is 8.68. The highest BCUT2D eigenvalue weighted by Crippen LogP contribution is 2.41. The van der Waals surface area contributed by atoms with Crippen molar-refractivity contribution in [2.75, 3.05) is 17.2 Å². The molecule has 6 aromatic rings. The van der Waals surface area contributed by atoms with Gasteiger partial charge in [-0.05, 0) is 36.8 Å². The molecule has 0 amide bonds. The first kappa shape index (κ1) is 21.5. The van der Waals surface area contributed by atoms with E-state index in [2.05, 4.69) is 30.0 Å². The Bertz CT molecular complexity index is 1840. The lowest BCUT2D eigenvalue weighted by Crippen LogP contribution is -2.45. The van der Waals surface area contributed by atoms with Crippen molar-refractivity contribution in [1.29, 1.82) is 0 Å². The number of pyridine rings is 1. The number of aromatic amines is 1. The van der Waals surface area contributed by atoms with Crippen LogP contribution in [0.3, 0.4) is 0 Å². The number of halogens is 1. The number of nitrogens with zero attached hydrogens (tertiary/aromatic N) is 8. The number of nitrogen functional groups attached to an aromatic ring is 1. The fourth-order valence-electron chi connectivity index (χ4n) is 4.82. The zero-order valence-electron chi connectivity index (χ0n) is 19.3. The monoisotopic (exact) mass is 510 g/mol. The van der Waals surface area contributed by atoms with E-state index in [1.54, 1.807) is 33.6 Å². The predicted octanol–water partition coefficient (Wildman–Crippen LogP) is 3.40. The number of H-pyrrole nitrogens is 1. The maximum Gasteiger partial charge on any atom is 0.284 e. The largest absolute Gasteiger partial charge is 0.384 e. The van der Waals surface area contributed by atoms with Crippen molar-refractivity contribution in [2.45, 2.75) is 12.5 Å². The molecule has 1 aliphatic heterocycles. The molecule has 182 valence electrons. The number of rotatable bonds is 4. The van der Waals surface area contributed by atoms with E-state index < -0.39 is 0 Å². The molecule has 0 aliphatic carbocycles. The first-order valence-electron chi connectivity index (χ1n) is 11.6. The Morgan fingerprint density at radius 3 is 2.68 bits per heavy atom. The Morgan fingerprint density at radius 1 is 1.05 bits per heavy atom. The number of nitrogens with two attached hydrogens (primary N) is 1. The van der Waals surface area contributed by atoms with Crippen molar-refractivity contribution < 1.29 is 0 Å². The highest BCUT2D eigenvalue weighted by atomic mass is 35.5. The van der Waals surface area contributed by atoms with Crippen molar-refractivity contribution >= 4 is 39.8 Å². The minimum Gasteiger partial charge on any atom is -0.384 e. The minimum absolute atomic E-state index is 0.219. The summed E-state index contributed by atoms with van der Waals surface area (Å²) >= 11 is 6.36. The van der Waals surface area contributed by atoms with Crippen molar-refractivity contribution in [2.24, 2.45) is 0 Å². The number of nitrogens with one attached hydrogen (secondary N) is 1. The maximum atomic E-state index is 13.7. The van der Waals surface area contributed by atoms with E-state index in [1.165, 1.54) is 6.33 Å². The molecule has 0 saturated carbocycles. The molecule has 1 aromatic carbocycles. The molecule has 1 atom stereocenters. The van der Waals surface area contributed by atoms with Gasteiger partial charge >= 0.3 is 0 Å². The fourth-order valence-corrected chi connectivity index (χ4v) is 5.04.